The minimum absolute atomic E-state index is 0.0788. The Balaban J connectivity index is 0.889. The lowest BCUT2D eigenvalue weighted by molar-refractivity contribution is -0.156. The molecule has 2 aromatic carbocycles. The van der Waals surface area contributed by atoms with Crippen LogP contribution in [0.1, 0.15) is 98.6 Å². The van der Waals surface area contributed by atoms with E-state index < -0.39 is 11.6 Å². The second-order valence-electron chi connectivity index (χ2n) is 15.8. The minimum Gasteiger partial charge on any atom is -0.491 e. The van der Waals surface area contributed by atoms with Crippen LogP contribution in [0.4, 0.5) is 5.69 Å². The van der Waals surface area contributed by atoms with E-state index in [0.717, 1.165) is 58.9 Å². The molecule has 1 aliphatic heterocycles. The number of hydrogen-bond donors (Lipinski definition) is 1. The van der Waals surface area contributed by atoms with E-state index in [1.807, 2.05) is 80.8 Å². The van der Waals surface area contributed by atoms with Gasteiger partial charge in [0.05, 0.1) is 31.8 Å². The van der Waals surface area contributed by atoms with Crippen LogP contribution in [0, 0.1) is 20.8 Å². The van der Waals surface area contributed by atoms with Crippen LogP contribution >= 0.6 is 22.9 Å². The molecule has 0 fully saturated rings. The second kappa shape index (κ2) is 25.2. The predicted octanol–water partition coefficient (Wildman–Crippen LogP) is 8.58. The summed E-state index contributed by atoms with van der Waals surface area (Å²) in [5, 5.41) is 13.5. The van der Waals surface area contributed by atoms with Crippen LogP contribution in [-0.4, -0.2) is 111 Å². The number of halogens is 1. The zero-order valence-corrected chi connectivity index (χ0v) is 38.5. The number of nitrogens with one attached hydrogen (secondary N) is 1. The van der Waals surface area contributed by atoms with Crippen LogP contribution in [0.3, 0.4) is 0 Å². The first kappa shape index (κ1) is 48.8. The van der Waals surface area contributed by atoms with E-state index in [0.29, 0.717) is 95.0 Å². The van der Waals surface area contributed by atoms with Gasteiger partial charge in [0, 0.05) is 79.6 Å². The number of nitrogens with zero attached hydrogens (tertiary/aromatic N) is 4. The van der Waals surface area contributed by atoms with Crippen molar-refractivity contribution in [3.05, 3.63) is 86.8 Å². The van der Waals surface area contributed by atoms with E-state index in [2.05, 4.69) is 29.4 Å². The SMILES string of the molecule is Cc1sc2c(c1C)C(c1ccc(Cl)cc1)=N[C@H](CC(=O)Nc1ccc(OCCOCCCOCCCOCCCOCCCOCCC(=O)OC(C)(C)C)cc1)c1nnc(C)n1-2. The maximum Gasteiger partial charge on any atom is 0.308 e. The number of thiophene rings is 1. The van der Waals surface area contributed by atoms with E-state index in [1.165, 1.54) is 4.88 Å². The molecule has 14 nitrogen and oxygen atoms in total. The number of aryl methyl sites for hydroxylation is 2. The Labute approximate surface area is 374 Å². The van der Waals surface area contributed by atoms with Crippen molar-refractivity contribution in [2.75, 3.05) is 78.0 Å². The third kappa shape index (κ3) is 15.8. The molecule has 0 bridgehead atoms. The smallest absolute Gasteiger partial charge is 0.308 e. The Kier molecular flexibility index (Phi) is 19.8. The van der Waals surface area contributed by atoms with Gasteiger partial charge < -0.3 is 38.5 Å². The normalized spacial score (nSPS) is 13.6. The number of rotatable bonds is 27. The third-order valence-corrected chi connectivity index (χ3v) is 11.0. The van der Waals surface area contributed by atoms with Gasteiger partial charge in [-0.05, 0) is 109 Å². The second-order valence-corrected chi connectivity index (χ2v) is 17.5. The molecule has 5 rings (SSSR count). The lowest BCUT2D eigenvalue weighted by Gasteiger charge is -2.19. The molecule has 0 saturated heterocycles. The van der Waals surface area contributed by atoms with Crippen molar-refractivity contribution in [3.63, 3.8) is 0 Å². The summed E-state index contributed by atoms with van der Waals surface area (Å²) >= 11 is 7.91. The van der Waals surface area contributed by atoms with Gasteiger partial charge in [0.15, 0.2) is 5.82 Å². The van der Waals surface area contributed by atoms with E-state index in [-0.39, 0.29) is 24.7 Å². The number of hydrogen-bond acceptors (Lipinski definition) is 13. The molecule has 62 heavy (non-hydrogen) atoms. The van der Waals surface area contributed by atoms with Crippen molar-refractivity contribution in [3.8, 4) is 10.8 Å². The molecule has 0 unspecified atom stereocenters. The van der Waals surface area contributed by atoms with E-state index >= 15 is 0 Å². The average Bonchev–Trinajstić information content (AvgIpc) is 3.71. The molecule has 3 heterocycles. The minimum atomic E-state index is -0.562. The topological polar surface area (TPSA) is 154 Å². The fourth-order valence-corrected chi connectivity index (χ4v) is 7.82. The summed E-state index contributed by atoms with van der Waals surface area (Å²) in [6, 6.07) is 14.3. The van der Waals surface area contributed by atoms with Gasteiger partial charge in [-0.15, -0.1) is 21.5 Å². The van der Waals surface area contributed by atoms with Gasteiger partial charge in [0.25, 0.3) is 0 Å². The molecule has 0 saturated carbocycles. The average molecular weight is 897 g/mol. The molecule has 16 heteroatoms. The number of ether oxygens (including phenoxy) is 7. The van der Waals surface area contributed by atoms with E-state index in [4.69, 9.17) is 49.8 Å². The summed E-state index contributed by atoms with van der Waals surface area (Å²) in [7, 11) is 0. The fourth-order valence-electron chi connectivity index (χ4n) is 6.48. The zero-order chi connectivity index (χ0) is 44.3. The van der Waals surface area contributed by atoms with Crippen molar-refractivity contribution < 1.29 is 42.7 Å². The van der Waals surface area contributed by atoms with Gasteiger partial charge >= 0.3 is 5.97 Å². The summed E-state index contributed by atoms with van der Waals surface area (Å²) in [6.45, 7) is 17.8. The van der Waals surface area contributed by atoms with Crippen molar-refractivity contribution in [2.24, 2.45) is 4.99 Å². The summed E-state index contributed by atoms with van der Waals surface area (Å²) in [6.07, 6.45) is 3.58. The Morgan fingerprint density at radius 3 is 1.89 bits per heavy atom. The Morgan fingerprint density at radius 2 is 1.31 bits per heavy atom. The standard InChI is InChI=1S/C46H62ClN5O9S/c1-32-33(2)62-45-42(32)43(35-11-13-36(47)14-12-35)49-39(44-51-50-34(3)52(44)45)31-40(53)48-37-15-17-38(18-16-37)60-30-29-59-27-10-25-57-23-8-21-55-20-7-22-56-24-9-26-58-28-19-41(54)61-46(4,5)6/h11-18,39H,7-10,19-31H2,1-6H3,(H,48,53)/t39-/m1/s1. The number of amides is 1. The van der Waals surface area contributed by atoms with Crippen molar-refractivity contribution >= 4 is 46.2 Å². The lowest BCUT2D eigenvalue weighted by Crippen LogP contribution is -2.24. The molecule has 1 N–H and O–H groups in total. The van der Waals surface area contributed by atoms with Gasteiger partial charge in [-0.25, -0.2) is 0 Å². The molecule has 0 radical (unpaired) electrons. The molecule has 2 aromatic heterocycles. The number of aromatic nitrogens is 3. The molecule has 338 valence electrons. The van der Waals surface area contributed by atoms with Gasteiger partial charge in [-0.3, -0.25) is 19.1 Å². The summed E-state index contributed by atoms with van der Waals surface area (Å²) < 4.78 is 41.3. The Hall–Kier alpha value is -4.22. The van der Waals surface area contributed by atoms with Crippen LogP contribution in [0.5, 0.6) is 5.75 Å². The third-order valence-electron chi connectivity index (χ3n) is 9.55. The van der Waals surface area contributed by atoms with Crippen LogP contribution in [-0.2, 0) is 38.0 Å². The van der Waals surface area contributed by atoms with Crippen LogP contribution < -0.4 is 10.1 Å². The number of fused-ring (bicyclic) bond motifs is 3. The van der Waals surface area contributed by atoms with E-state index in [9.17, 15) is 9.59 Å². The summed E-state index contributed by atoms with van der Waals surface area (Å²) in [5.41, 5.74) is 4.06. The molecule has 1 amide bonds. The molecule has 0 spiro atoms. The van der Waals surface area contributed by atoms with Gasteiger partial charge in [-0.1, -0.05) is 23.7 Å². The molecule has 1 aliphatic rings. The number of aliphatic imine (C=N–C) groups is 1. The Bertz CT molecular complexity index is 2030. The van der Waals surface area contributed by atoms with Crippen LogP contribution in [0.15, 0.2) is 53.5 Å². The monoisotopic (exact) mass is 895 g/mol. The zero-order valence-electron chi connectivity index (χ0n) is 37.0. The largest absolute Gasteiger partial charge is 0.491 e. The highest BCUT2D eigenvalue weighted by Crippen LogP contribution is 2.39. The number of carbonyl (C=O) groups excluding carboxylic acids is 2. The highest BCUT2D eigenvalue weighted by molar-refractivity contribution is 7.15. The number of anilines is 1. The maximum atomic E-state index is 13.5. The number of benzene rings is 2. The van der Waals surface area contributed by atoms with Gasteiger partial charge in [0.2, 0.25) is 5.91 Å². The highest BCUT2D eigenvalue weighted by Gasteiger charge is 2.32. The summed E-state index contributed by atoms with van der Waals surface area (Å²) in [5.74, 6) is 1.62. The maximum absolute atomic E-state index is 13.5. The lowest BCUT2D eigenvalue weighted by atomic mass is 9.99. The first-order valence-electron chi connectivity index (χ1n) is 21.4. The number of carbonyl (C=O) groups is 2. The Morgan fingerprint density at radius 1 is 0.742 bits per heavy atom. The molecule has 4 aromatic rings. The molecule has 0 aliphatic carbocycles. The molecule has 1 atom stereocenters. The van der Waals surface area contributed by atoms with E-state index in [1.54, 1.807) is 11.3 Å². The van der Waals surface area contributed by atoms with Crippen LogP contribution in [0.2, 0.25) is 5.02 Å². The van der Waals surface area contributed by atoms with Crippen LogP contribution in [0.25, 0.3) is 5.00 Å². The molecular weight excluding hydrogens is 834 g/mol. The summed E-state index contributed by atoms with van der Waals surface area (Å²) in [4.78, 5) is 31.5. The van der Waals surface area contributed by atoms with Gasteiger partial charge in [-0.2, -0.15) is 0 Å². The first-order valence-corrected chi connectivity index (χ1v) is 22.6. The van der Waals surface area contributed by atoms with Gasteiger partial charge in [0.1, 0.15) is 34.8 Å². The first-order chi connectivity index (χ1) is 29.9. The molecular formula is C46H62ClN5O9S. The van der Waals surface area contributed by atoms with Crippen molar-refractivity contribution in [2.45, 2.75) is 91.7 Å². The number of esters is 1. The predicted molar refractivity (Wildman–Crippen MR) is 241 cm³/mol. The quantitative estimate of drug-likeness (QED) is 0.0452. The highest BCUT2D eigenvalue weighted by atomic mass is 35.5. The van der Waals surface area contributed by atoms with Crippen molar-refractivity contribution in [1.29, 1.82) is 0 Å². The van der Waals surface area contributed by atoms with Crippen molar-refractivity contribution in [1.82, 2.24) is 14.8 Å². The fraction of sp³-hybridized carbons (Fsp3) is 0.543.